The molecule has 0 aliphatic heterocycles. The molecule has 0 saturated heterocycles. The van der Waals surface area contributed by atoms with E-state index in [0.717, 1.165) is 5.56 Å². The number of carbonyl (C=O) groups excluding carboxylic acids is 1. The fraction of sp³-hybridized carbons (Fsp3) is 0.571. The number of pyridine rings is 1. The van der Waals surface area contributed by atoms with Gasteiger partial charge in [0.25, 0.3) is 0 Å². The fourth-order valence-corrected chi connectivity index (χ4v) is 2.43. The highest BCUT2D eigenvalue weighted by Crippen LogP contribution is 2.19. The number of carbonyl (C=O) groups is 1. The average molecular weight is 313 g/mol. The Morgan fingerprint density at radius 3 is 2.33 bits per heavy atom. The first-order valence-electron chi connectivity index (χ1n) is 6.75. The van der Waals surface area contributed by atoms with Gasteiger partial charge in [0.1, 0.15) is 0 Å². The summed E-state index contributed by atoms with van der Waals surface area (Å²) in [6.07, 6.45) is 3.30. The van der Waals surface area contributed by atoms with Crippen molar-refractivity contribution in [3.05, 3.63) is 30.1 Å². The Hall–Kier alpha value is -1.47. The molecule has 6 nitrogen and oxygen atoms in total. The maximum Gasteiger partial charge on any atom is 0.228 e. The number of aromatic nitrogens is 1. The number of nitrogens with one attached hydrogen (secondary N) is 1. The first-order chi connectivity index (χ1) is 9.65. The summed E-state index contributed by atoms with van der Waals surface area (Å²) < 4.78 is 25.4. The van der Waals surface area contributed by atoms with Crippen LogP contribution in [-0.2, 0) is 21.4 Å². The lowest BCUT2D eigenvalue weighted by atomic mass is 9.94. The van der Waals surface area contributed by atoms with Crippen LogP contribution in [0.25, 0.3) is 0 Å². The van der Waals surface area contributed by atoms with Gasteiger partial charge < -0.3 is 4.90 Å². The van der Waals surface area contributed by atoms with Gasteiger partial charge in [0.05, 0.1) is 5.75 Å². The van der Waals surface area contributed by atoms with Gasteiger partial charge in [-0.05, 0) is 24.7 Å². The number of sulfonamides is 1. The molecule has 0 aromatic carbocycles. The van der Waals surface area contributed by atoms with Crippen LogP contribution < -0.4 is 4.72 Å². The first kappa shape index (κ1) is 17.6. The van der Waals surface area contributed by atoms with Gasteiger partial charge in [-0.2, -0.15) is 0 Å². The summed E-state index contributed by atoms with van der Waals surface area (Å²) in [5, 5.41) is 0. The fourth-order valence-electron chi connectivity index (χ4n) is 1.77. The Morgan fingerprint density at radius 2 is 1.86 bits per heavy atom. The molecule has 0 bridgehead atoms. The molecule has 0 radical (unpaired) electrons. The summed E-state index contributed by atoms with van der Waals surface area (Å²) in [4.78, 5) is 18.0. The van der Waals surface area contributed by atoms with Crippen LogP contribution in [-0.4, -0.2) is 43.6 Å². The van der Waals surface area contributed by atoms with Crippen molar-refractivity contribution in [1.29, 1.82) is 0 Å². The molecule has 1 rings (SSSR count). The zero-order valence-electron chi connectivity index (χ0n) is 13.0. The molecule has 0 atom stereocenters. The van der Waals surface area contributed by atoms with E-state index in [9.17, 15) is 13.2 Å². The van der Waals surface area contributed by atoms with E-state index >= 15 is 0 Å². The van der Waals surface area contributed by atoms with Gasteiger partial charge in [0, 0.05) is 30.9 Å². The number of hydrogen-bond acceptors (Lipinski definition) is 4. The molecule has 0 saturated carbocycles. The second-order valence-electron chi connectivity index (χ2n) is 5.86. The average Bonchev–Trinajstić information content (AvgIpc) is 2.43. The van der Waals surface area contributed by atoms with Gasteiger partial charge >= 0.3 is 0 Å². The third kappa shape index (κ3) is 5.81. The molecule has 118 valence electrons. The van der Waals surface area contributed by atoms with Crippen LogP contribution in [0.4, 0.5) is 0 Å². The molecule has 1 amide bonds. The number of amides is 1. The molecular formula is C14H23N3O3S. The van der Waals surface area contributed by atoms with E-state index in [1.807, 2.05) is 32.9 Å². The van der Waals surface area contributed by atoms with Gasteiger partial charge in [0.2, 0.25) is 15.9 Å². The van der Waals surface area contributed by atoms with E-state index in [2.05, 4.69) is 9.71 Å². The third-order valence-electron chi connectivity index (χ3n) is 2.99. The molecule has 7 heteroatoms. The van der Waals surface area contributed by atoms with Gasteiger partial charge in [-0.1, -0.05) is 20.8 Å². The van der Waals surface area contributed by atoms with E-state index < -0.39 is 15.4 Å². The zero-order chi connectivity index (χ0) is 16.1. The van der Waals surface area contributed by atoms with Crippen molar-refractivity contribution >= 4 is 15.9 Å². The number of hydrogen-bond donors (Lipinski definition) is 1. The normalized spacial score (nSPS) is 12.2. The van der Waals surface area contributed by atoms with Crippen molar-refractivity contribution in [2.75, 3.05) is 19.3 Å². The third-order valence-corrected chi connectivity index (χ3v) is 4.33. The SMILES string of the molecule is CNS(=O)(=O)CCN(Cc1ccncc1)C(=O)C(C)(C)C. The second kappa shape index (κ2) is 7.00. The maximum atomic E-state index is 12.5. The lowest BCUT2D eigenvalue weighted by molar-refractivity contribution is -0.139. The van der Waals surface area contributed by atoms with Crippen LogP contribution in [0.2, 0.25) is 0 Å². The minimum atomic E-state index is -3.34. The monoisotopic (exact) mass is 313 g/mol. The first-order valence-corrected chi connectivity index (χ1v) is 8.40. The molecule has 1 heterocycles. The number of nitrogens with zero attached hydrogens (tertiary/aromatic N) is 2. The Balaban J connectivity index is 2.88. The molecule has 0 aliphatic carbocycles. The van der Waals surface area contributed by atoms with Gasteiger partial charge in [-0.15, -0.1) is 0 Å². The van der Waals surface area contributed by atoms with Gasteiger partial charge in [-0.25, -0.2) is 13.1 Å². The molecule has 0 unspecified atom stereocenters. The summed E-state index contributed by atoms with van der Waals surface area (Å²) in [6, 6.07) is 3.63. The van der Waals surface area contributed by atoms with Crippen LogP contribution in [0.15, 0.2) is 24.5 Å². The second-order valence-corrected chi connectivity index (χ2v) is 7.90. The molecule has 21 heavy (non-hydrogen) atoms. The van der Waals surface area contributed by atoms with Crippen LogP contribution in [0.5, 0.6) is 0 Å². The lowest BCUT2D eigenvalue weighted by Crippen LogP contribution is -2.42. The minimum absolute atomic E-state index is 0.0781. The Kier molecular flexibility index (Phi) is 5.86. The highest BCUT2D eigenvalue weighted by atomic mass is 32.2. The standard InChI is InChI=1S/C14H23N3O3S/c1-14(2,3)13(18)17(9-10-21(19,20)15-4)11-12-5-7-16-8-6-12/h5-8,15H,9-11H2,1-4H3. The summed E-state index contributed by atoms with van der Waals surface area (Å²) in [6.45, 7) is 5.99. The highest BCUT2D eigenvalue weighted by molar-refractivity contribution is 7.89. The molecule has 1 aromatic rings. The molecule has 1 N–H and O–H groups in total. The highest BCUT2D eigenvalue weighted by Gasteiger charge is 2.28. The quantitative estimate of drug-likeness (QED) is 0.850. The van der Waals surface area contributed by atoms with Crippen molar-refractivity contribution < 1.29 is 13.2 Å². The van der Waals surface area contributed by atoms with E-state index in [1.54, 1.807) is 17.3 Å². The Morgan fingerprint density at radius 1 is 1.29 bits per heavy atom. The van der Waals surface area contributed by atoms with Crippen molar-refractivity contribution in [2.24, 2.45) is 5.41 Å². The van der Waals surface area contributed by atoms with E-state index in [1.165, 1.54) is 7.05 Å². The van der Waals surface area contributed by atoms with E-state index in [4.69, 9.17) is 0 Å². The van der Waals surface area contributed by atoms with Crippen molar-refractivity contribution in [2.45, 2.75) is 27.3 Å². The minimum Gasteiger partial charge on any atom is -0.337 e. The van der Waals surface area contributed by atoms with Crippen LogP contribution >= 0.6 is 0 Å². The Labute approximate surface area is 126 Å². The zero-order valence-corrected chi connectivity index (χ0v) is 13.8. The van der Waals surface area contributed by atoms with E-state index in [-0.39, 0.29) is 18.2 Å². The topological polar surface area (TPSA) is 79.4 Å². The van der Waals surface area contributed by atoms with Gasteiger partial charge in [0.15, 0.2) is 0 Å². The Bertz CT molecular complexity index is 565. The van der Waals surface area contributed by atoms with E-state index in [0.29, 0.717) is 6.54 Å². The predicted molar refractivity (Wildman–Crippen MR) is 82.0 cm³/mol. The summed E-state index contributed by atoms with van der Waals surface area (Å²) in [5.74, 6) is -0.193. The van der Waals surface area contributed by atoms with Crippen molar-refractivity contribution in [3.8, 4) is 0 Å². The molecule has 0 fully saturated rings. The molecule has 0 aliphatic rings. The van der Waals surface area contributed by atoms with Crippen LogP contribution in [0, 0.1) is 5.41 Å². The molecule has 0 spiro atoms. The van der Waals surface area contributed by atoms with Crippen molar-refractivity contribution in [1.82, 2.24) is 14.6 Å². The lowest BCUT2D eigenvalue weighted by Gasteiger charge is -2.29. The maximum absolute atomic E-state index is 12.5. The molecular weight excluding hydrogens is 290 g/mol. The largest absolute Gasteiger partial charge is 0.337 e. The molecule has 1 aromatic heterocycles. The van der Waals surface area contributed by atoms with Crippen molar-refractivity contribution in [3.63, 3.8) is 0 Å². The summed E-state index contributed by atoms with van der Waals surface area (Å²) in [5.41, 5.74) is 0.362. The smallest absolute Gasteiger partial charge is 0.228 e. The predicted octanol–water partition coefficient (Wildman–Crippen LogP) is 1.01. The summed E-state index contributed by atoms with van der Waals surface area (Å²) >= 11 is 0. The number of rotatable bonds is 6. The van der Waals surface area contributed by atoms with Gasteiger partial charge in [-0.3, -0.25) is 9.78 Å². The summed E-state index contributed by atoms with van der Waals surface area (Å²) in [7, 11) is -1.97. The van der Waals surface area contributed by atoms with Crippen LogP contribution in [0.3, 0.4) is 0 Å². The van der Waals surface area contributed by atoms with Crippen LogP contribution in [0.1, 0.15) is 26.3 Å².